The van der Waals surface area contributed by atoms with E-state index in [2.05, 4.69) is 5.32 Å². The molecule has 0 bridgehead atoms. The van der Waals surface area contributed by atoms with Crippen molar-refractivity contribution >= 4 is 23.5 Å². The highest BCUT2D eigenvalue weighted by atomic mass is 35.5. The maximum absolute atomic E-state index is 12.9. The summed E-state index contributed by atoms with van der Waals surface area (Å²) >= 11 is 5.23. The van der Waals surface area contributed by atoms with Crippen molar-refractivity contribution in [2.45, 2.75) is 13.0 Å². The van der Waals surface area contributed by atoms with E-state index >= 15 is 0 Å². The standard InChI is InChI=1S/C11H12ClFN2O2/c1-7(8-3-2-4-9(13)5-8)14-11(17)15-10(16)6-12/h2-5,7H,6H2,1H3,(H2,14,15,16,17). The third-order valence-corrected chi connectivity index (χ3v) is 2.31. The van der Waals surface area contributed by atoms with Crippen molar-refractivity contribution in [1.29, 1.82) is 0 Å². The van der Waals surface area contributed by atoms with Crippen LogP contribution in [0.25, 0.3) is 0 Å². The molecule has 0 saturated heterocycles. The van der Waals surface area contributed by atoms with Crippen LogP contribution >= 0.6 is 11.6 Å². The maximum atomic E-state index is 12.9. The highest BCUT2D eigenvalue weighted by molar-refractivity contribution is 6.28. The van der Waals surface area contributed by atoms with Crippen molar-refractivity contribution in [1.82, 2.24) is 10.6 Å². The summed E-state index contributed by atoms with van der Waals surface area (Å²) in [7, 11) is 0. The van der Waals surface area contributed by atoms with Crippen LogP contribution in [-0.4, -0.2) is 17.8 Å². The fourth-order valence-electron chi connectivity index (χ4n) is 1.25. The zero-order chi connectivity index (χ0) is 12.8. The van der Waals surface area contributed by atoms with Crippen molar-refractivity contribution < 1.29 is 14.0 Å². The molecule has 92 valence electrons. The number of nitrogens with one attached hydrogen (secondary N) is 2. The van der Waals surface area contributed by atoms with E-state index in [4.69, 9.17) is 11.6 Å². The Labute approximate surface area is 103 Å². The number of amides is 3. The van der Waals surface area contributed by atoms with E-state index < -0.39 is 18.0 Å². The number of benzene rings is 1. The van der Waals surface area contributed by atoms with Gasteiger partial charge in [-0.05, 0) is 24.6 Å². The zero-order valence-corrected chi connectivity index (χ0v) is 9.92. The van der Waals surface area contributed by atoms with Gasteiger partial charge in [-0.25, -0.2) is 9.18 Å². The first-order valence-corrected chi connectivity index (χ1v) is 5.48. The van der Waals surface area contributed by atoms with Gasteiger partial charge in [-0.2, -0.15) is 0 Å². The van der Waals surface area contributed by atoms with Gasteiger partial charge in [0.05, 0.1) is 6.04 Å². The smallest absolute Gasteiger partial charge is 0.321 e. The SMILES string of the molecule is CC(NC(=O)NC(=O)CCl)c1cccc(F)c1. The second kappa shape index (κ2) is 6.20. The predicted molar refractivity (Wildman–Crippen MR) is 62.2 cm³/mol. The maximum Gasteiger partial charge on any atom is 0.321 e. The van der Waals surface area contributed by atoms with Gasteiger partial charge in [0.2, 0.25) is 5.91 Å². The number of alkyl halides is 1. The normalized spacial score (nSPS) is 11.7. The van der Waals surface area contributed by atoms with Gasteiger partial charge in [-0.1, -0.05) is 12.1 Å². The number of carbonyl (C=O) groups is 2. The molecule has 6 heteroatoms. The Morgan fingerprint density at radius 1 is 1.47 bits per heavy atom. The molecule has 2 N–H and O–H groups in total. The molecule has 0 radical (unpaired) electrons. The lowest BCUT2D eigenvalue weighted by Crippen LogP contribution is -2.41. The number of halogens is 2. The summed E-state index contributed by atoms with van der Waals surface area (Å²) in [6.07, 6.45) is 0. The number of urea groups is 1. The highest BCUT2D eigenvalue weighted by Crippen LogP contribution is 2.12. The monoisotopic (exact) mass is 258 g/mol. The molecule has 0 aliphatic carbocycles. The Kier molecular flexibility index (Phi) is 4.90. The molecule has 0 aliphatic heterocycles. The number of imide groups is 1. The fraction of sp³-hybridized carbons (Fsp3) is 0.273. The van der Waals surface area contributed by atoms with Gasteiger partial charge < -0.3 is 5.32 Å². The van der Waals surface area contributed by atoms with Crippen molar-refractivity contribution in [3.8, 4) is 0 Å². The number of hydrogen-bond donors (Lipinski definition) is 2. The minimum Gasteiger partial charge on any atom is -0.331 e. The summed E-state index contributed by atoms with van der Waals surface area (Å²) in [6, 6.07) is 4.78. The zero-order valence-electron chi connectivity index (χ0n) is 9.17. The average Bonchev–Trinajstić information content (AvgIpc) is 2.28. The lowest BCUT2D eigenvalue weighted by molar-refractivity contribution is -0.117. The molecular weight excluding hydrogens is 247 g/mol. The number of carbonyl (C=O) groups excluding carboxylic acids is 2. The first-order valence-electron chi connectivity index (χ1n) is 4.94. The van der Waals surface area contributed by atoms with Gasteiger partial charge in [0.15, 0.2) is 0 Å². The molecule has 17 heavy (non-hydrogen) atoms. The molecular formula is C11H12ClFN2O2. The fourth-order valence-corrected chi connectivity index (χ4v) is 1.32. The molecule has 0 spiro atoms. The molecule has 4 nitrogen and oxygen atoms in total. The van der Waals surface area contributed by atoms with E-state index in [1.807, 2.05) is 5.32 Å². The summed E-state index contributed by atoms with van der Waals surface area (Å²) in [5.74, 6) is -1.26. The molecule has 1 unspecified atom stereocenters. The lowest BCUT2D eigenvalue weighted by atomic mass is 10.1. The Hall–Kier alpha value is -1.62. The largest absolute Gasteiger partial charge is 0.331 e. The second-order valence-corrected chi connectivity index (χ2v) is 3.70. The van der Waals surface area contributed by atoms with Crippen LogP contribution in [0, 0.1) is 5.82 Å². The third kappa shape index (κ3) is 4.40. The first kappa shape index (κ1) is 13.4. The van der Waals surface area contributed by atoms with Crippen LogP contribution < -0.4 is 10.6 Å². The summed E-state index contributed by atoms with van der Waals surface area (Å²) in [5, 5.41) is 4.52. The second-order valence-electron chi connectivity index (χ2n) is 3.43. The van der Waals surface area contributed by atoms with Gasteiger partial charge >= 0.3 is 6.03 Å². The van der Waals surface area contributed by atoms with E-state index in [-0.39, 0.29) is 11.7 Å². The summed E-state index contributed by atoms with van der Waals surface area (Å²) in [4.78, 5) is 22.1. The van der Waals surface area contributed by atoms with E-state index in [1.54, 1.807) is 19.1 Å². The molecule has 1 atom stereocenters. The predicted octanol–water partition coefficient (Wildman–Crippen LogP) is 1.95. The molecule has 0 aromatic heterocycles. The molecule has 1 aromatic carbocycles. The summed E-state index contributed by atoms with van der Waals surface area (Å²) in [5.41, 5.74) is 0.610. The lowest BCUT2D eigenvalue weighted by Gasteiger charge is -2.14. The molecule has 1 rings (SSSR count). The highest BCUT2D eigenvalue weighted by Gasteiger charge is 2.11. The van der Waals surface area contributed by atoms with Gasteiger partial charge in [-0.15, -0.1) is 11.6 Å². The Morgan fingerprint density at radius 3 is 2.76 bits per heavy atom. The Bertz CT molecular complexity index is 426. The van der Waals surface area contributed by atoms with Crippen molar-refractivity contribution in [3.05, 3.63) is 35.6 Å². The Balaban J connectivity index is 2.57. The van der Waals surface area contributed by atoms with Gasteiger partial charge in [0, 0.05) is 0 Å². The van der Waals surface area contributed by atoms with Gasteiger partial charge in [0.25, 0.3) is 0 Å². The van der Waals surface area contributed by atoms with Crippen LogP contribution in [0.2, 0.25) is 0 Å². The van der Waals surface area contributed by atoms with Crippen molar-refractivity contribution in [2.24, 2.45) is 0 Å². The van der Waals surface area contributed by atoms with Crippen LogP contribution in [0.3, 0.4) is 0 Å². The number of rotatable bonds is 3. The van der Waals surface area contributed by atoms with Crippen LogP contribution in [0.4, 0.5) is 9.18 Å². The van der Waals surface area contributed by atoms with Crippen molar-refractivity contribution in [3.63, 3.8) is 0 Å². The average molecular weight is 259 g/mol. The third-order valence-electron chi connectivity index (χ3n) is 2.07. The van der Waals surface area contributed by atoms with Crippen LogP contribution in [0.1, 0.15) is 18.5 Å². The van der Waals surface area contributed by atoms with Crippen LogP contribution in [0.15, 0.2) is 24.3 Å². The molecule has 0 heterocycles. The molecule has 1 aromatic rings. The van der Waals surface area contributed by atoms with E-state index in [1.165, 1.54) is 12.1 Å². The molecule has 0 fully saturated rings. The molecule has 0 aliphatic rings. The Morgan fingerprint density at radius 2 is 2.18 bits per heavy atom. The van der Waals surface area contributed by atoms with E-state index in [0.29, 0.717) is 5.56 Å². The quantitative estimate of drug-likeness (QED) is 0.814. The molecule has 3 amide bonds. The first-order chi connectivity index (χ1) is 8.02. The minimum absolute atomic E-state index is 0.290. The van der Waals surface area contributed by atoms with E-state index in [9.17, 15) is 14.0 Å². The minimum atomic E-state index is -0.660. The van der Waals surface area contributed by atoms with E-state index in [0.717, 1.165) is 0 Å². The van der Waals surface area contributed by atoms with Crippen molar-refractivity contribution in [2.75, 3.05) is 5.88 Å². The number of hydrogen-bond acceptors (Lipinski definition) is 2. The van der Waals surface area contributed by atoms with Crippen LogP contribution in [-0.2, 0) is 4.79 Å². The van der Waals surface area contributed by atoms with Gasteiger partial charge in [0.1, 0.15) is 11.7 Å². The summed E-state index contributed by atoms with van der Waals surface area (Å²) < 4.78 is 12.9. The molecule has 0 saturated carbocycles. The summed E-state index contributed by atoms with van der Waals surface area (Å²) in [6.45, 7) is 1.68. The van der Waals surface area contributed by atoms with Crippen LogP contribution in [0.5, 0.6) is 0 Å². The topological polar surface area (TPSA) is 58.2 Å². The van der Waals surface area contributed by atoms with Gasteiger partial charge in [-0.3, -0.25) is 10.1 Å².